The van der Waals surface area contributed by atoms with Crippen molar-refractivity contribution in [2.24, 2.45) is 0 Å². The lowest BCUT2D eigenvalue weighted by Crippen LogP contribution is -2.17. The van der Waals surface area contributed by atoms with Crippen molar-refractivity contribution in [3.8, 4) is 0 Å². The first-order valence-electron chi connectivity index (χ1n) is 7.33. The van der Waals surface area contributed by atoms with E-state index in [1.807, 2.05) is 0 Å². The molecule has 7 nitrogen and oxygen atoms in total. The molecule has 1 N–H and O–H groups in total. The van der Waals surface area contributed by atoms with Gasteiger partial charge in [-0.1, -0.05) is 30.7 Å². The van der Waals surface area contributed by atoms with Gasteiger partial charge in [0.15, 0.2) is 9.84 Å². The molecule has 0 heterocycles. The molecule has 1 amide bonds. The Balaban J connectivity index is 2.37. The van der Waals surface area contributed by atoms with Crippen LogP contribution in [0.15, 0.2) is 47.4 Å². The molecule has 2 rings (SSSR count). The van der Waals surface area contributed by atoms with Gasteiger partial charge in [-0.15, -0.1) is 0 Å². The number of benzene rings is 2. The Morgan fingerprint density at radius 3 is 2.56 bits per heavy atom. The van der Waals surface area contributed by atoms with Crippen LogP contribution in [0.4, 0.5) is 11.4 Å². The second-order valence-corrected chi connectivity index (χ2v) is 7.68. The highest BCUT2D eigenvalue weighted by Crippen LogP contribution is 2.28. The first-order valence-corrected chi connectivity index (χ1v) is 9.36. The van der Waals surface area contributed by atoms with Crippen LogP contribution in [-0.4, -0.2) is 25.0 Å². The molecule has 0 unspecified atom stereocenters. The highest BCUT2D eigenvalue weighted by Gasteiger charge is 2.22. The number of rotatable bonds is 6. The minimum absolute atomic E-state index is 0.0199. The fourth-order valence-electron chi connectivity index (χ4n) is 2.23. The van der Waals surface area contributed by atoms with Crippen LogP contribution in [-0.2, 0) is 9.84 Å². The Morgan fingerprint density at radius 1 is 1.24 bits per heavy atom. The minimum atomic E-state index is -3.60. The van der Waals surface area contributed by atoms with Crippen molar-refractivity contribution in [2.45, 2.75) is 18.2 Å². The van der Waals surface area contributed by atoms with E-state index in [-0.39, 0.29) is 32.6 Å². The normalized spacial score (nSPS) is 11.1. The maximum atomic E-state index is 12.5. The van der Waals surface area contributed by atoms with Crippen LogP contribution in [0, 0.1) is 10.1 Å². The average molecular weight is 383 g/mol. The molecule has 132 valence electrons. The molecule has 0 fully saturated rings. The summed E-state index contributed by atoms with van der Waals surface area (Å²) in [5, 5.41) is 13.3. The van der Waals surface area contributed by atoms with Crippen LogP contribution in [0.3, 0.4) is 0 Å². The molecule has 0 radical (unpaired) electrons. The van der Waals surface area contributed by atoms with Gasteiger partial charge in [0, 0.05) is 11.8 Å². The standard InChI is InChI=1S/C16H15ClN2O5S/c1-2-9-25(23,24)15-6-4-3-5-12(15)16(20)18-11-7-8-13(17)14(10-11)19(21)22/h3-8,10H,2,9H2,1H3,(H,18,20). The van der Waals surface area contributed by atoms with Gasteiger partial charge < -0.3 is 5.32 Å². The molecule has 0 spiro atoms. The summed E-state index contributed by atoms with van der Waals surface area (Å²) in [6.45, 7) is 1.73. The van der Waals surface area contributed by atoms with Crippen LogP contribution in [0.2, 0.25) is 5.02 Å². The molecule has 2 aromatic rings. The topological polar surface area (TPSA) is 106 Å². The lowest BCUT2D eigenvalue weighted by atomic mass is 10.2. The van der Waals surface area contributed by atoms with Crippen LogP contribution in [0.25, 0.3) is 0 Å². The number of anilines is 1. The van der Waals surface area contributed by atoms with Crippen LogP contribution in [0.1, 0.15) is 23.7 Å². The maximum absolute atomic E-state index is 12.5. The number of hydrogen-bond acceptors (Lipinski definition) is 5. The molecule has 2 aromatic carbocycles. The van der Waals surface area contributed by atoms with Gasteiger partial charge in [0.1, 0.15) is 5.02 Å². The number of nitrogens with zero attached hydrogens (tertiary/aromatic N) is 1. The van der Waals surface area contributed by atoms with E-state index in [2.05, 4.69) is 5.32 Å². The van der Waals surface area contributed by atoms with E-state index in [1.165, 1.54) is 30.3 Å². The van der Waals surface area contributed by atoms with Gasteiger partial charge in [0.25, 0.3) is 11.6 Å². The number of halogens is 1. The van der Waals surface area contributed by atoms with E-state index >= 15 is 0 Å². The summed E-state index contributed by atoms with van der Waals surface area (Å²) < 4.78 is 24.6. The number of nitro benzene ring substituents is 1. The molecular weight excluding hydrogens is 368 g/mol. The number of nitro groups is 1. The zero-order chi connectivity index (χ0) is 18.6. The molecule has 9 heteroatoms. The minimum Gasteiger partial charge on any atom is -0.322 e. The Hall–Kier alpha value is -2.45. The number of amides is 1. The fraction of sp³-hybridized carbons (Fsp3) is 0.188. The maximum Gasteiger partial charge on any atom is 0.289 e. The number of nitrogens with one attached hydrogen (secondary N) is 1. The molecule has 25 heavy (non-hydrogen) atoms. The van der Waals surface area contributed by atoms with E-state index < -0.39 is 20.7 Å². The van der Waals surface area contributed by atoms with Gasteiger partial charge >= 0.3 is 0 Å². The van der Waals surface area contributed by atoms with E-state index in [0.717, 1.165) is 6.07 Å². The number of carbonyl (C=O) groups is 1. The van der Waals surface area contributed by atoms with Crippen LogP contribution in [0.5, 0.6) is 0 Å². The molecule has 0 aliphatic heterocycles. The Kier molecular flexibility index (Phi) is 5.76. The Morgan fingerprint density at radius 2 is 1.92 bits per heavy atom. The first kappa shape index (κ1) is 18.9. The van der Waals surface area contributed by atoms with Crippen molar-refractivity contribution in [2.75, 3.05) is 11.1 Å². The Labute approximate surface area is 149 Å². The highest BCUT2D eigenvalue weighted by atomic mass is 35.5. The second kappa shape index (κ2) is 7.62. The van der Waals surface area contributed by atoms with Gasteiger partial charge in [-0.05, 0) is 30.7 Å². The van der Waals surface area contributed by atoms with Crippen molar-refractivity contribution in [1.82, 2.24) is 0 Å². The molecule has 0 aliphatic carbocycles. The second-order valence-electron chi connectivity index (χ2n) is 5.19. The first-order chi connectivity index (χ1) is 11.8. The third kappa shape index (κ3) is 4.34. The SMILES string of the molecule is CCCS(=O)(=O)c1ccccc1C(=O)Nc1ccc(Cl)c([N+](=O)[O-])c1. The van der Waals surface area contributed by atoms with E-state index in [0.29, 0.717) is 6.42 Å². The summed E-state index contributed by atoms with van der Waals surface area (Å²) in [5.74, 6) is -0.754. The van der Waals surface area contributed by atoms with Crippen LogP contribution < -0.4 is 5.32 Å². The Bertz CT molecular complexity index is 928. The summed E-state index contributed by atoms with van der Waals surface area (Å²) in [5.41, 5.74) is -0.233. The van der Waals surface area contributed by atoms with Gasteiger partial charge in [-0.25, -0.2) is 8.42 Å². The van der Waals surface area contributed by atoms with Crippen LogP contribution >= 0.6 is 11.6 Å². The van der Waals surface area contributed by atoms with Gasteiger partial charge in [-0.2, -0.15) is 0 Å². The van der Waals surface area contributed by atoms with E-state index in [1.54, 1.807) is 13.0 Å². The smallest absolute Gasteiger partial charge is 0.289 e. The summed E-state index contributed by atoms with van der Waals surface area (Å²) in [4.78, 5) is 22.6. The third-order valence-electron chi connectivity index (χ3n) is 3.34. The van der Waals surface area contributed by atoms with E-state index in [4.69, 9.17) is 11.6 Å². The average Bonchev–Trinajstić information content (AvgIpc) is 2.56. The molecule has 0 saturated carbocycles. The monoisotopic (exact) mass is 382 g/mol. The lowest BCUT2D eigenvalue weighted by Gasteiger charge is -2.10. The zero-order valence-corrected chi connectivity index (χ0v) is 14.8. The van der Waals surface area contributed by atoms with Crippen molar-refractivity contribution in [3.63, 3.8) is 0 Å². The molecular formula is C16H15ClN2O5S. The van der Waals surface area contributed by atoms with Crippen molar-refractivity contribution >= 4 is 38.7 Å². The predicted octanol–water partition coefficient (Wildman–Crippen LogP) is 3.68. The fourth-order valence-corrected chi connectivity index (χ4v) is 3.96. The molecule has 0 aromatic heterocycles. The molecule has 0 aliphatic rings. The highest BCUT2D eigenvalue weighted by molar-refractivity contribution is 7.91. The number of hydrogen-bond donors (Lipinski definition) is 1. The van der Waals surface area contributed by atoms with E-state index in [9.17, 15) is 23.3 Å². The molecule has 0 atom stereocenters. The number of sulfone groups is 1. The van der Waals surface area contributed by atoms with Gasteiger partial charge in [-0.3, -0.25) is 14.9 Å². The molecule has 0 saturated heterocycles. The summed E-state index contributed by atoms with van der Waals surface area (Å²) in [6.07, 6.45) is 0.418. The van der Waals surface area contributed by atoms with Gasteiger partial charge in [0.2, 0.25) is 0 Å². The van der Waals surface area contributed by atoms with Crippen molar-refractivity contribution in [1.29, 1.82) is 0 Å². The van der Waals surface area contributed by atoms with Crippen molar-refractivity contribution < 1.29 is 18.1 Å². The molecule has 0 bridgehead atoms. The summed E-state index contributed by atoms with van der Waals surface area (Å²) in [7, 11) is -3.60. The van der Waals surface area contributed by atoms with Gasteiger partial charge in [0.05, 0.1) is 21.1 Å². The quantitative estimate of drug-likeness (QED) is 0.605. The summed E-state index contributed by atoms with van der Waals surface area (Å²) >= 11 is 5.73. The predicted molar refractivity (Wildman–Crippen MR) is 94.8 cm³/mol. The number of carbonyl (C=O) groups excluding carboxylic acids is 1. The summed E-state index contributed by atoms with van der Waals surface area (Å²) in [6, 6.07) is 9.64. The lowest BCUT2D eigenvalue weighted by molar-refractivity contribution is -0.384. The zero-order valence-electron chi connectivity index (χ0n) is 13.2. The third-order valence-corrected chi connectivity index (χ3v) is 5.63. The van der Waals surface area contributed by atoms with Crippen molar-refractivity contribution in [3.05, 3.63) is 63.2 Å². The largest absolute Gasteiger partial charge is 0.322 e.